The minimum absolute atomic E-state index is 0.233. The monoisotopic (exact) mass is 249 g/mol. The Morgan fingerprint density at radius 1 is 1.41 bits per heavy atom. The fraction of sp³-hybridized carbons (Fsp3) is 0.400. The van der Waals surface area contributed by atoms with Gasteiger partial charge in [0.25, 0.3) is 5.91 Å². The number of hydrogen-bond donors (Lipinski definition) is 1. The maximum atomic E-state index is 12.0. The van der Waals surface area contributed by atoms with Crippen LogP contribution in [0.25, 0.3) is 0 Å². The summed E-state index contributed by atoms with van der Waals surface area (Å²) < 4.78 is 0. The summed E-state index contributed by atoms with van der Waals surface area (Å²) in [5, 5.41) is 18.9. The second kappa shape index (κ2) is 6.46. The lowest BCUT2D eigenvalue weighted by Gasteiger charge is -2.18. The van der Waals surface area contributed by atoms with Crippen LogP contribution in [0.1, 0.15) is 23.3 Å². The molecule has 6 nitrogen and oxygen atoms in total. The highest BCUT2D eigenvalue weighted by atomic mass is 32.1. The van der Waals surface area contributed by atoms with Gasteiger partial charge in [-0.1, -0.05) is 0 Å². The first-order valence-corrected chi connectivity index (χ1v) is 5.81. The number of nitrogens with two attached hydrogens (primary N) is 1. The molecule has 1 aromatic heterocycles. The molecular formula is C10H11N5OS. The van der Waals surface area contributed by atoms with Gasteiger partial charge in [-0.3, -0.25) is 4.79 Å². The van der Waals surface area contributed by atoms with Gasteiger partial charge >= 0.3 is 0 Å². The van der Waals surface area contributed by atoms with E-state index in [1.807, 2.05) is 12.1 Å². The summed E-state index contributed by atoms with van der Waals surface area (Å²) in [6, 6.07) is 3.93. The zero-order valence-corrected chi connectivity index (χ0v) is 9.90. The lowest BCUT2D eigenvalue weighted by Crippen LogP contribution is -2.33. The van der Waals surface area contributed by atoms with E-state index in [0.717, 1.165) is 0 Å². The molecule has 0 spiro atoms. The number of nitrogens with zero attached hydrogens (tertiary/aromatic N) is 4. The van der Waals surface area contributed by atoms with Crippen molar-refractivity contribution in [2.75, 3.05) is 18.8 Å². The van der Waals surface area contributed by atoms with Crippen LogP contribution in [0.2, 0.25) is 0 Å². The number of carbonyl (C=O) groups is 1. The van der Waals surface area contributed by atoms with E-state index in [1.165, 1.54) is 16.2 Å². The maximum absolute atomic E-state index is 12.0. The second-order valence-corrected chi connectivity index (χ2v) is 4.07. The van der Waals surface area contributed by atoms with Crippen molar-refractivity contribution in [2.45, 2.75) is 12.8 Å². The summed E-state index contributed by atoms with van der Waals surface area (Å²) in [4.78, 5) is 17.3. The van der Waals surface area contributed by atoms with Crippen molar-refractivity contribution < 1.29 is 4.79 Å². The van der Waals surface area contributed by atoms with E-state index >= 15 is 0 Å². The van der Waals surface area contributed by atoms with E-state index in [-0.39, 0.29) is 24.4 Å². The first kappa shape index (κ1) is 12.9. The molecule has 0 atom stereocenters. The lowest BCUT2D eigenvalue weighted by atomic mass is 10.3. The minimum atomic E-state index is -0.288. The average Bonchev–Trinajstić information content (AvgIpc) is 2.75. The molecule has 0 bridgehead atoms. The van der Waals surface area contributed by atoms with Gasteiger partial charge in [0.1, 0.15) is 5.69 Å². The van der Waals surface area contributed by atoms with Crippen LogP contribution in [-0.2, 0) is 0 Å². The Kier molecular flexibility index (Phi) is 4.92. The lowest BCUT2D eigenvalue weighted by molar-refractivity contribution is 0.0757. The number of amides is 1. The molecule has 0 fully saturated rings. The molecule has 1 amide bonds. The fourth-order valence-corrected chi connectivity index (χ4v) is 1.77. The van der Waals surface area contributed by atoms with Gasteiger partial charge in [-0.15, -0.1) is 11.3 Å². The van der Waals surface area contributed by atoms with Crippen molar-refractivity contribution in [1.82, 2.24) is 9.88 Å². The molecule has 7 heteroatoms. The third kappa shape index (κ3) is 3.74. The first-order valence-electron chi connectivity index (χ1n) is 4.93. The Morgan fingerprint density at radius 2 is 2.00 bits per heavy atom. The van der Waals surface area contributed by atoms with Gasteiger partial charge < -0.3 is 10.6 Å². The molecule has 2 N–H and O–H groups in total. The molecule has 0 saturated heterocycles. The Balaban J connectivity index is 2.72. The van der Waals surface area contributed by atoms with Gasteiger partial charge in [0.2, 0.25) is 0 Å². The van der Waals surface area contributed by atoms with Crippen LogP contribution in [0.4, 0.5) is 5.13 Å². The Labute approximate surface area is 103 Å². The summed E-state index contributed by atoms with van der Waals surface area (Å²) in [5.74, 6) is -0.288. The largest absolute Gasteiger partial charge is 0.375 e. The van der Waals surface area contributed by atoms with Crippen molar-refractivity contribution >= 4 is 22.4 Å². The predicted molar refractivity (Wildman–Crippen MR) is 62.9 cm³/mol. The number of anilines is 1. The topological polar surface area (TPSA) is 107 Å². The molecule has 0 aromatic carbocycles. The first-order chi connectivity index (χ1) is 8.19. The molecule has 0 aliphatic rings. The molecule has 0 unspecified atom stereocenters. The van der Waals surface area contributed by atoms with Gasteiger partial charge in [-0.05, 0) is 0 Å². The summed E-state index contributed by atoms with van der Waals surface area (Å²) in [7, 11) is 0. The summed E-state index contributed by atoms with van der Waals surface area (Å²) in [6.45, 7) is 0.600. The third-order valence-corrected chi connectivity index (χ3v) is 2.69. The molecule has 0 aliphatic carbocycles. The van der Waals surface area contributed by atoms with E-state index in [2.05, 4.69) is 4.98 Å². The van der Waals surface area contributed by atoms with E-state index in [1.54, 1.807) is 5.38 Å². The maximum Gasteiger partial charge on any atom is 0.273 e. The summed E-state index contributed by atoms with van der Waals surface area (Å²) >= 11 is 1.19. The number of rotatable bonds is 5. The van der Waals surface area contributed by atoms with E-state index in [9.17, 15) is 4.79 Å². The van der Waals surface area contributed by atoms with Gasteiger partial charge in [0.05, 0.1) is 25.0 Å². The molecule has 0 saturated carbocycles. The van der Waals surface area contributed by atoms with Gasteiger partial charge in [-0.2, -0.15) is 10.5 Å². The number of carbonyl (C=O) groups excluding carboxylic acids is 1. The predicted octanol–water partition coefficient (Wildman–Crippen LogP) is 0.995. The highest BCUT2D eigenvalue weighted by Crippen LogP contribution is 2.13. The van der Waals surface area contributed by atoms with Crippen LogP contribution >= 0.6 is 11.3 Å². The fourth-order valence-electron chi connectivity index (χ4n) is 1.23. The summed E-state index contributed by atoms with van der Waals surface area (Å²) in [5.41, 5.74) is 5.72. The van der Waals surface area contributed by atoms with Crippen molar-refractivity contribution in [3.8, 4) is 12.1 Å². The van der Waals surface area contributed by atoms with E-state index in [4.69, 9.17) is 16.3 Å². The number of nitrogen functional groups attached to an aromatic ring is 1. The van der Waals surface area contributed by atoms with Crippen molar-refractivity contribution in [2.24, 2.45) is 0 Å². The average molecular weight is 249 g/mol. The molecule has 17 heavy (non-hydrogen) atoms. The van der Waals surface area contributed by atoms with Crippen LogP contribution in [0.15, 0.2) is 5.38 Å². The zero-order valence-electron chi connectivity index (χ0n) is 9.09. The Morgan fingerprint density at radius 3 is 2.41 bits per heavy atom. The van der Waals surface area contributed by atoms with Crippen LogP contribution in [0, 0.1) is 22.7 Å². The number of nitriles is 2. The zero-order chi connectivity index (χ0) is 12.7. The Hall–Kier alpha value is -2.12. The molecule has 1 aromatic rings. The molecule has 1 heterocycles. The van der Waals surface area contributed by atoms with Crippen LogP contribution in [-0.4, -0.2) is 28.9 Å². The molecule has 88 valence electrons. The third-order valence-electron chi connectivity index (χ3n) is 2.02. The van der Waals surface area contributed by atoms with Crippen LogP contribution in [0.3, 0.4) is 0 Å². The SMILES string of the molecule is N#CCCN(CCC#N)C(=O)c1csc(N)n1. The van der Waals surface area contributed by atoms with Crippen molar-refractivity contribution in [3.05, 3.63) is 11.1 Å². The molecule has 1 rings (SSSR count). The normalized spacial score (nSPS) is 9.29. The van der Waals surface area contributed by atoms with Crippen LogP contribution in [0.5, 0.6) is 0 Å². The number of thiazole rings is 1. The highest BCUT2D eigenvalue weighted by Gasteiger charge is 2.17. The minimum Gasteiger partial charge on any atom is -0.375 e. The molecule has 0 aliphatic heterocycles. The molecule has 0 radical (unpaired) electrons. The summed E-state index contributed by atoms with van der Waals surface area (Å²) in [6.07, 6.45) is 0.466. The Bertz CT molecular complexity index is 452. The van der Waals surface area contributed by atoms with Gasteiger partial charge in [-0.25, -0.2) is 4.98 Å². The van der Waals surface area contributed by atoms with Crippen molar-refractivity contribution in [1.29, 1.82) is 10.5 Å². The highest BCUT2D eigenvalue weighted by molar-refractivity contribution is 7.13. The van der Waals surface area contributed by atoms with Crippen molar-refractivity contribution in [3.63, 3.8) is 0 Å². The number of aromatic nitrogens is 1. The van der Waals surface area contributed by atoms with Gasteiger partial charge in [0, 0.05) is 18.5 Å². The van der Waals surface area contributed by atoms with E-state index in [0.29, 0.717) is 18.2 Å². The van der Waals surface area contributed by atoms with E-state index < -0.39 is 0 Å². The van der Waals surface area contributed by atoms with Gasteiger partial charge in [0.15, 0.2) is 5.13 Å². The standard InChI is InChI=1S/C10H11N5OS/c11-3-1-5-15(6-2-4-12)9(16)8-7-17-10(13)14-8/h7H,1-2,5-6H2,(H2,13,14). The number of hydrogen-bond acceptors (Lipinski definition) is 6. The quantitative estimate of drug-likeness (QED) is 0.837. The van der Waals surface area contributed by atoms with Crippen LogP contribution < -0.4 is 5.73 Å². The second-order valence-electron chi connectivity index (χ2n) is 3.18. The smallest absolute Gasteiger partial charge is 0.273 e. The molecular weight excluding hydrogens is 238 g/mol.